The minimum atomic E-state index is -0.200. The highest BCUT2D eigenvalue weighted by molar-refractivity contribution is 9.10. The number of rotatable bonds is 2. The molecule has 0 atom stereocenters. The predicted octanol–water partition coefficient (Wildman–Crippen LogP) is 2.54. The highest BCUT2D eigenvalue weighted by Gasteiger charge is 2.08. The standard InChI is InChI=1S/C13H10BrN5O/c1-8(20)17-13-16-7-9-3-5-19(12(9)18-13)10-2-4-15-11(14)6-10/h2-7H,1H3,(H,16,17,18,20). The molecular weight excluding hydrogens is 322 g/mol. The van der Waals surface area contributed by atoms with Crippen molar-refractivity contribution >= 4 is 38.8 Å². The molecule has 100 valence electrons. The van der Waals surface area contributed by atoms with E-state index in [2.05, 4.69) is 36.2 Å². The van der Waals surface area contributed by atoms with Gasteiger partial charge < -0.3 is 4.57 Å². The highest BCUT2D eigenvalue weighted by Crippen LogP contribution is 2.20. The lowest BCUT2D eigenvalue weighted by molar-refractivity contribution is -0.114. The molecule has 3 aromatic rings. The SMILES string of the molecule is CC(=O)Nc1ncc2ccn(-c3ccnc(Br)c3)c2n1. The Morgan fingerprint density at radius 2 is 2.20 bits per heavy atom. The van der Waals surface area contributed by atoms with Crippen LogP contribution in [0.2, 0.25) is 0 Å². The van der Waals surface area contributed by atoms with Gasteiger partial charge in [-0.25, -0.2) is 9.97 Å². The van der Waals surface area contributed by atoms with Crippen LogP contribution in [-0.4, -0.2) is 25.4 Å². The molecule has 7 heteroatoms. The van der Waals surface area contributed by atoms with Crippen molar-refractivity contribution in [2.24, 2.45) is 0 Å². The van der Waals surface area contributed by atoms with Gasteiger partial charge >= 0.3 is 0 Å². The van der Waals surface area contributed by atoms with E-state index in [9.17, 15) is 4.79 Å². The first kappa shape index (κ1) is 12.7. The maximum absolute atomic E-state index is 11.1. The van der Waals surface area contributed by atoms with Crippen LogP contribution in [0.3, 0.4) is 0 Å². The Labute approximate surface area is 123 Å². The third-order valence-corrected chi connectivity index (χ3v) is 3.14. The van der Waals surface area contributed by atoms with Gasteiger partial charge in [0.25, 0.3) is 0 Å². The number of hydrogen-bond acceptors (Lipinski definition) is 4. The molecule has 3 heterocycles. The molecule has 0 aliphatic heterocycles. The van der Waals surface area contributed by atoms with Gasteiger partial charge in [-0.3, -0.25) is 10.1 Å². The first-order chi connectivity index (χ1) is 9.63. The predicted molar refractivity (Wildman–Crippen MR) is 78.7 cm³/mol. The van der Waals surface area contributed by atoms with Gasteiger partial charge in [-0.1, -0.05) is 0 Å². The van der Waals surface area contributed by atoms with Crippen LogP contribution in [0.5, 0.6) is 0 Å². The summed E-state index contributed by atoms with van der Waals surface area (Å²) in [6.45, 7) is 1.42. The van der Waals surface area contributed by atoms with Crippen molar-refractivity contribution in [3.05, 3.63) is 41.4 Å². The fourth-order valence-corrected chi connectivity index (χ4v) is 2.24. The number of nitrogens with zero attached hydrogens (tertiary/aromatic N) is 4. The van der Waals surface area contributed by atoms with E-state index in [-0.39, 0.29) is 11.9 Å². The van der Waals surface area contributed by atoms with E-state index >= 15 is 0 Å². The largest absolute Gasteiger partial charge is 0.301 e. The van der Waals surface area contributed by atoms with E-state index in [1.54, 1.807) is 12.4 Å². The van der Waals surface area contributed by atoms with Crippen LogP contribution in [0.4, 0.5) is 5.95 Å². The smallest absolute Gasteiger partial charge is 0.231 e. The van der Waals surface area contributed by atoms with E-state index in [0.717, 1.165) is 21.3 Å². The van der Waals surface area contributed by atoms with Gasteiger partial charge in [0, 0.05) is 30.9 Å². The summed E-state index contributed by atoms with van der Waals surface area (Å²) in [7, 11) is 0. The molecule has 0 radical (unpaired) electrons. The number of carbonyl (C=O) groups is 1. The fourth-order valence-electron chi connectivity index (χ4n) is 1.89. The Morgan fingerprint density at radius 3 is 2.95 bits per heavy atom. The number of aromatic nitrogens is 4. The van der Waals surface area contributed by atoms with E-state index in [4.69, 9.17) is 0 Å². The zero-order valence-electron chi connectivity index (χ0n) is 10.5. The fraction of sp³-hybridized carbons (Fsp3) is 0.0769. The zero-order chi connectivity index (χ0) is 14.1. The first-order valence-corrected chi connectivity index (χ1v) is 6.66. The molecular formula is C13H10BrN5O. The molecule has 0 aliphatic rings. The van der Waals surface area contributed by atoms with Crippen molar-refractivity contribution in [2.75, 3.05) is 5.32 Å². The Balaban J connectivity index is 2.14. The molecule has 1 amide bonds. The van der Waals surface area contributed by atoms with Gasteiger partial charge in [0.15, 0.2) is 0 Å². The van der Waals surface area contributed by atoms with Crippen LogP contribution in [0.25, 0.3) is 16.7 Å². The second kappa shape index (κ2) is 5.01. The van der Waals surface area contributed by atoms with Crippen LogP contribution in [0.1, 0.15) is 6.92 Å². The van der Waals surface area contributed by atoms with Crippen molar-refractivity contribution in [1.29, 1.82) is 0 Å². The van der Waals surface area contributed by atoms with E-state index in [0.29, 0.717) is 0 Å². The summed E-state index contributed by atoms with van der Waals surface area (Å²) >= 11 is 3.34. The molecule has 6 nitrogen and oxygen atoms in total. The minimum absolute atomic E-state index is 0.200. The Morgan fingerprint density at radius 1 is 1.35 bits per heavy atom. The summed E-state index contributed by atoms with van der Waals surface area (Å²) in [6, 6.07) is 5.69. The molecule has 0 unspecified atom stereocenters. The molecule has 1 N–H and O–H groups in total. The zero-order valence-corrected chi connectivity index (χ0v) is 12.1. The average molecular weight is 332 g/mol. The number of halogens is 1. The van der Waals surface area contributed by atoms with Gasteiger partial charge in [0.2, 0.25) is 11.9 Å². The number of anilines is 1. The van der Waals surface area contributed by atoms with Gasteiger partial charge in [-0.05, 0) is 34.1 Å². The normalized spacial score (nSPS) is 10.7. The topological polar surface area (TPSA) is 72.7 Å². The van der Waals surface area contributed by atoms with Gasteiger partial charge in [0.05, 0.1) is 5.69 Å². The Hall–Kier alpha value is -2.28. The second-order valence-electron chi connectivity index (χ2n) is 4.18. The van der Waals surface area contributed by atoms with E-state index in [1.165, 1.54) is 6.92 Å². The van der Waals surface area contributed by atoms with E-state index in [1.807, 2.05) is 29.0 Å². The number of nitrogens with one attached hydrogen (secondary N) is 1. The van der Waals surface area contributed by atoms with Crippen LogP contribution < -0.4 is 5.32 Å². The maximum Gasteiger partial charge on any atom is 0.231 e. The molecule has 0 aromatic carbocycles. The third kappa shape index (κ3) is 2.39. The quantitative estimate of drug-likeness (QED) is 0.732. The summed E-state index contributed by atoms with van der Waals surface area (Å²) < 4.78 is 2.65. The van der Waals surface area contributed by atoms with Gasteiger partial charge in [-0.15, -0.1) is 0 Å². The van der Waals surface area contributed by atoms with Gasteiger partial charge in [0.1, 0.15) is 10.3 Å². The summed E-state index contributed by atoms with van der Waals surface area (Å²) in [5.41, 5.74) is 1.65. The number of hydrogen-bond donors (Lipinski definition) is 1. The lowest BCUT2D eigenvalue weighted by Gasteiger charge is -2.06. The summed E-state index contributed by atoms with van der Waals surface area (Å²) in [5.74, 6) is 0.0900. The molecule has 3 aromatic heterocycles. The molecule has 3 rings (SSSR count). The summed E-state index contributed by atoms with van der Waals surface area (Å²) in [4.78, 5) is 23.6. The average Bonchev–Trinajstić information content (AvgIpc) is 2.81. The number of fused-ring (bicyclic) bond motifs is 1. The summed E-state index contributed by atoms with van der Waals surface area (Å²) in [6.07, 6.45) is 5.29. The molecule has 0 aliphatic carbocycles. The molecule has 0 fully saturated rings. The lowest BCUT2D eigenvalue weighted by atomic mass is 10.4. The van der Waals surface area contributed by atoms with Crippen LogP contribution in [0.15, 0.2) is 41.4 Å². The molecule has 0 saturated carbocycles. The highest BCUT2D eigenvalue weighted by atomic mass is 79.9. The Kier molecular flexibility index (Phi) is 3.19. The lowest BCUT2D eigenvalue weighted by Crippen LogP contribution is -2.09. The first-order valence-electron chi connectivity index (χ1n) is 5.87. The van der Waals surface area contributed by atoms with Crippen molar-refractivity contribution in [3.63, 3.8) is 0 Å². The molecule has 0 bridgehead atoms. The molecule has 0 spiro atoms. The number of amides is 1. The Bertz CT molecular complexity index is 798. The van der Waals surface area contributed by atoms with Crippen molar-refractivity contribution in [1.82, 2.24) is 19.5 Å². The third-order valence-electron chi connectivity index (χ3n) is 2.70. The van der Waals surface area contributed by atoms with Crippen molar-refractivity contribution in [2.45, 2.75) is 6.92 Å². The monoisotopic (exact) mass is 331 g/mol. The van der Waals surface area contributed by atoms with Crippen LogP contribution >= 0.6 is 15.9 Å². The minimum Gasteiger partial charge on any atom is -0.301 e. The van der Waals surface area contributed by atoms with Crippen molar-refractivity contribution < 1.29 is 4.79 Å². The van der Waals surface area contributed by atoms with Crippen LogP contribution in [0, 0.1) is 0 Å². The summed E-state index contributed by atoms with van der Waals surface area (Å²) in [5, 5.41) is 3.48. The molecule has 20 heavy (non-hydrogen) atoms. The maximum atomic E-state index is 11.1. The number of carbonyl (C=O) groups excluding carboxylic acids is 1. The van der Waals surface area contributed by atoms with E-state index < -0.39 is 0 Å². The molecule has 0 saturated heterocycles. The second-order valence-corrected chi connectivity index (χ2v) is 4.99. The van der Waals surface area contributed by atoms with Crippen LogP contribution in [-0.2, 0) is 4.79 Å². The van der Waals surface area contributed by atoms with Crippen molar-refractivity contribution in [3.8, 4) is 5.69 Å². The number of pyridine rings is 1. The van der Waals surface area contributed by atoms with Gasteiger partial charge in [-0.2, -0.15) is 4.98 Å².